The van der Waals surface area contributed by atoms with Gasteiger partial charge in [-0.1, -0.05) is 50.1 Å². The summed E-state index contributed by atoms with van der Waals surface area (Å²) >= 11 is 0. The molecule has 1 atom stereocenters. The number of halogens is 3. The Hall–Kier alpha value is -1.97. The molecule has 0 heterocycles. The third-order valence-corrected chi connectivity index (χ3v) is 3.39. The van der Waals surface area contributed by atoms with Gasteiger partial charge in [0.15, 0.2) is 11.6 Å². The van der Waals surface area contributed by atoms with E-state index in [1.54, 1.807) is 0 Å². The molecule has 2 rings (SSSR count). The van der Waals surface area contributed by atoms with Gasteiger partial charge in [0.1, 0.15) is 5.82 Å². The molecular formula is C17H18F3N. The molecule has 0 radical (unpaired) electrons. The minimum absolute atomic E-state index is 0.0149. The van der Waals surface area contributed by atoms with Gasteiger partial charge >= 0.3 is 0 Å². The van der Waals surface area contributed by atoms with Gasteiger partial charge in [0.05, 0.1) is 11.7 Å². The van der Waals surface area contributed by atoms with Crippen LogP contribution in [0.15, 0.2) is 42.5 Å². The summed E-state index contributed by atoms with van der Waals surface area (Å²) in [5.41, 5.74) is 0.980. The number of anilines is 1. The van der Waals surface area contributed by atoms with Crippen LogP contribution in [0.3, 0.4) is 0 Å². The van der Waals surface area contributed by atoms with Crippen molar-refractivity contribution in [2.75, 3.05) is 5.32 Å². The molecule has 4 heteroatoms. The molecule has 1 unspecified atom stereocenters. The van der Waals surface area contributed by atoms with E-state index < -0.39 is 17.5 Å². The molecule has 0 aliphatic carbocycles. The van der Waals surface area contributed by atoms with Gasteiger partial charge in [-0.3, -0.25) is 0 Å². The molecule has 2 aromatic rings. The first-order chi connectivity index (χ1) is 10.1. The Morgan fingerprint density at radius 2 is 1.62 bits per heavy atom. The van der Waals surface area contributed by atoms with Crippen LogP contribution >= 0.6 is 0 Å². The molecular weight excluding hydrogens is 275 g/mol. The van der Waals surface area contributed by atoms with Crippen molar-refractivity contribution in [2.24, 2.45) is 0 Å². The van der Waals surface area contributed by atoms with Gasteiger partial charge in [0, 0.05) is 12.1 Å². The first-order valence-corrected chi connectivity index (χ1v) is 7.08. The first-order valence-electron chi connectivity index (χ1n) is 7.08. The van der Waals surface area contributed by atoms with E-state index in [0.717, 1.165) is 30.9 Å². The lowest BCUT2D eigenvalue weighted by Crippen LogP contribution is -2.12. The lowest BCUT2D eigenvalue weighted by atomic mass is 10.0. The fourth-order valence-corrected chi connectivity index (χ4v) is 2.24. The van der Waals surface area contributed by atoms with Crippen LogP contribution in [0.5, 0.6) is 0 Å². The van der Waals surface area contributed by atoms with Crippen LogP contribution < -0.4 is 5.32 Å². The molecule has 112 valence electrons. The second-order valence-corrected chi connectivity index (χ2v) is 5.00. The molecule has 0 saturated carbocycles. The number of hydrogen-bond acceptors (Lipinski definition) is 1. The number of hydrogen-bond donors (Lipinski definition) is 1. The Labute approximate surface area is 122 Å². The SMILES string of the molecule is CCCCC(Nc1cc(F)c(F)cc1F)c1ccccc1. The lowest BCUT2D eigenvalue weighted by molar-refractivity contribution is 0.495. The fraction of sp³-hybridized carbons (Fsp3) is 0.294. The predicted octanol–water partition coefficient (Wildman–Crippen LogP) is 5.45. The second kappa shape index (κ2) is 7.16. The summed E-state index contributed by atoms with van der Waals surface area (Å²) in [4.78, 5) is 0. The number of unbranched alkanes of at least 4 members (excludes halogenated alkanes) is 1. The summed E-state index contributed by atoms with van der Waals surface area (Å²) in [6.45, 7) is 2.07. The Morgan fingerprint density at radius 1 is 0.952 bits per heavy atom. The van der Waals surface area contributed by atoms with E-state index in [2.05, 4.69) is 12.2 Å². The highest BCUT2D eigenvalue weighted by Crippen LogP contribution is 2.27. The molecule has 0 aliphatic heterocycles. The Morgan fingerprint density at radius 3 is 2.29 bits per heavy atom. The smallest absolute Gasteiger partial charge is 0.161 e. The van der Waals surface area contributed by atoms with Gasteiger partial charge in [0.2, 0.25) is 0 Å². The minimum Gasteiger partial charge on any atom is -0.376 e. The van der Waals surface area contributed by atoms with Gasteiger partial charge in [-0.05, 0) is 12.0 Å². The van der Waals surface area contributed by atoms with Crippen LogP contribution in [-0.2, 0) is 0 Å². The molecule has 0 aliphatic rings. The maximum Gasteiger partial charge on any atom is 0.161 e. The van der Waals surface area contributed by atoms with E-state index in [-0.39, 0.29) is 11.7 Å². The second-order valence-electron chi connectivity index (χ2n) is 5.00. The molecule has 1 nitrogen and oxygen atoms in total. The van der Waals surface area contributed by atoms with E-state index in [1.807, 2.05) is 30.3 Å². The van der Waals surface area contributed by atoms with Gasteiger partial charge < -0.3 is 5.32 Å². The summed E-state index contributed by atoms with van der Waals surface area (Å²) < 4.78 is 40.0. The van der Waals surface area contributed by atoms with Crippen molar-refractivity contribution in [3.8, 4) is 0 Å². The van der Waals surface area contributed by atoms with Gasteiger partial charge in [-0.2, -0.15) is 0 Å². The lowest BCUT2D eigenvalue weighted by Gasteiger charge is -2.21. The van der Waals surface area contributed by atoms with Crippen LogP contribution in [0.25, 0.3) is 0 Å². The van der Waals surface area contributed by atoms with Gasteiger partial charge in [-0.15, -0.1) is 0 Å². The maximum absolute atomic E-state index is 13.8. The average Bonchev–Trinajstić information content (AvgIpc) is 2.49. The highest BCUT2D eigenvalue weighted by atomic mass is 19.2. The predicted molar refractivity (Wildman–Crippen MR) is 78.6 cm³/mol. The zero-order valence-corrected chi connectivity index (χ0v) is 11.9. The summed E-state index contributed by atoms with van der Waals surface area (Å²) in [6, 6.07) is 10.9. The van der Waals surface area contributed by atoms with Crippen molar-refractivity contribution in [3.05, 3.63) is 65.5 Å². The topological polar surface area (TPSA) is 12.0 Å². The number of rotatable bonds is 6. The van der Waals surface area contributed by atoms with Crippen molar-refractivity contribution in [3.63, 3.8) is 0 Å². The standard InChI is InChI=1S/C17H18F3N/c1-2-3-9-16(12-7-5-4-6-8-12)21-17-11-14(19)13(18)10-15(17)20/h4-8,10-11,16,21H,2-3,9H2,1H3. The normalized spacial score (nSPS) is 12.2. The first kappa shape index (κ1) is 15.4. The highest BCUT2D eigenvalue weighted by Gasteiger charge is 2.15. The minimum atomic E-state index is -1.18. The van der Waals surface area contributed by atoms with Gasteiger partial charge in [-0.25, -0.2) is 13.2 Å². The van der Waals surface area contributed by atoms with Gasteiger partial charge in [0.25, 0.3) is 0 Å². The van der Waals surface area contributed by atoms with Crippen LogP contribution in [0, 0.1) is 17.5 Å². The van der Waals surface area contributed by atoms with Crippen molar-refractivity contribution in [2.45, 2.75) is 32.2 Å². The third-order valence-electron chi connectivity index (χ3n) is 3.39. The van der Waals surface area contributed by atoms with Crippen molar-refractivity contribution < 1.29 is 13.2 Å². The highest BCUT2D eigenvalue weighted by molar-refractivity contribution is 5.47. The average molecular weight is 293 g/mol. The van der Waals surface area contributed by atoms with Crippen LogP contribution in [-0.4, -0.2) is 0 Å². The van der Waals surface area contributed by atoms with Crippen LogP contribution in [0.2, 0.25) is 0 Å². The molecule has 0 spiro atoms. The maximum atomic E-state index is 13.8. The van der Waals surface area contributed by atoms with Crippen molar-refractivity contribution in [1.29, 1.82) is 0 Å². The molecule has 0 amide bonds. The zero-order chi connectivity index (χ0) is 15.2. The largest absolute Gasteiger partial charge is 0.376 e. The Bertz CT molecular complexity index is 584. The fourth-order valence-electron chi connectivity index (χ4n) is 2.24. The Kier molecular flexibility index (Phi) is 5.26. The molecule has 21 heavy (non-hydrogen) atoms. The van der Waals surface area contributed by atoms with Crippen LogP contribution in [0.4, 0.5) is 18.9 Å². The summed E-state index contributed by atoms with van der Waals surface area (Å²) in [5.74, 6) is -3.02. The summed E-state index contributed by atoms with van der Waals surface area (Å²) in [5, 5.41) is 2.98. The van der Waals surface area contributed by atoms with E-state index in [1.165, 1.54) is 0 Å². The van der Waals surface area contributed by atoms with E-state index in [0.29, 0.717) is 6.07 Å². The van der Waals surface area contributed by atoms with Crippen molar-refractivity contribution >= 4 is 5.69 Å². The zero-order valence-electron chi connectivity index (χ0n) is 11.9. The molecule has 2 aromatic carbocycles. The molecule has 0 aromatic heterocycles. The summed E-state index contributed by atoms with van der Waals surface area (Å²) in [7, 11) is 0. The molecule has 0 saturated heterocycles. The molecule has 0 bridgehead atoms. The Balaban J connectivity index is 2.25. The van der Waals surface area contributed by atoms with E-state index >= 15 is 0 Å². The number of nitrogens with one attached hydrogen (secondary N) is 1. The van der Waals surface area contributed by atoms with E-state index in [9.17, 15) is 13.2 Å². The third kappa shape index (κ3) is 4.00. The molecule has 1 N–H and O–H groups in total. The summed E-state index contributed by atoms with van der Waals surface area (Å²) in [6.07, 6.45) is 2.75. The molecule has 0 fully saturated rings. The number of benzene rings is 2. The quantitative estimate of drug-likeness (QED) is 0.698. The monoisotopic (exact) mass is 293 g/mol. The van der Waals surface area contributed by atoms with Crippen LogP contribution in [0.1, 0.15) is 37.8 Å². The van der Waals surface area contributed by atoms with E-state index in [4.69, 9.17) is 0 Å². The van der Waals surface area contributed by atoms with Crippen molar-refractivity contribution in [1.82, 2.24) is 0 Å².